The summed E-state index contributed by atoms with van der Waals surface area (Å²) >= 11 is 0. The van der Waals surface area contributed by atoms with Crippen LogP contribution in [-0.4, -0.2) is 48.3 Å². The molecule has 4 nitrogen and oxygen atoms in total. The van der Waals surface area contributed by atoms with Crippen molar-refractivity contribution >= 4 is 5.97 Å². The molecule has 2 fully saturated rings. The standard InChI is InChI=1S/C15H27NO3/c1-14(2,3)9-12(8-13(17)18)16-10-15(11-16)4-6-19-7-5-15/h12H,4-11H2,1-3H3,(H,17,18). The van der Waals surface area contributed by atoms with E-state index in [0.29, 0.717) is 5.41 Å². The summed E-state index contributed by atoms with van der Waals surface area (Å²) in [6.07, 6.45) is 3.49. The Kier molecular flexibility index (Phi) is 4.21. The number of nitrogens with zero attached hydrogens (tertiary/aromatic N) is 1. The molecule has 0 aromatic heterocycles. The van der Waals surface area contributed by atoms with Crippen LogP contribution in [0.25, 0.3) is 0 Å². The van der Waals surface area contributed by atoms with Gasteiger partial charge in [0.05, 0.1) is 6.42 Å². The molecule has 2 heterocycles. The van der Waals surface area contributed by atoms with Crippen molar-refractivity contribution < 1.29 is 14.6 Å². The van der Waals surface area contributed by atoms with Crippen molar-refractivity contribution in [3.05, 3.63) is 0 Å². The smallest absolute Gasteiger partial charge is 0.304 e. The fourth-order valence-electron chi connectivity index (χ4n) is 3.43. The van der Waals surface area contributed by atoms with E-state index in [1.165, 1.54) is 0 Å². The van der Waals surface area contributed by atoms with E-state index in [4.69, 9.17) is 9.84 Å². The van der Waals surface area contributed by atoms with Gasteiger partial charge in [0.2, 0.25) is 0 Å². The predicted molar refractivity (Wildman–Crippen MR) is 74.2 cm³/mol. The van der Waals surface area contributed by atoms with Gasteiger partial charge in [-0.1, -0.05) is 20.8 Å². The minimum Gasteiger partial charge on any atom is -0.481 e. The first kappa shape index (κ1) is 14.8. The van der Waals surface area contributed by atoms with Crippen molar-refractivity contribution in [1.82, 2.24) is 4.90 Å². The van der Waals surface area contributed by atoms with Crippen molar-refractivity contribution in [2.75, 3.05) is 26.3 Å². The van der Waals surface area contributed by atoms with Crippen LogP contribution in [-0.2, 0) is 9.53 Å². The molecule has 1 unspecified atom stereocenters. The number of ether oxygens (including phenoxy) is 1. The fraction of sp³-hybridized carbons (Fsp3) is 0.933. The lowest BCUT2D eigenvalue weighted by Crippen LogP contribution is -2.62. The van der Waals surface area contributed by atoms with Crippen LogP contribution in [0.3, 0.4) is 0 Å². The molecule has 1 atom stereocenters. The molecule has 2 aliphatic rings. The van der Waals surface area contributed by atoms with Gasteiger partial charge in [-0.05, 0) is 24.7 Å². The normalized spacial score (nSPS) is 25.0. The third kappa shape index (κ3) is 3.93. The lowest BCUT2D eigenvalue weighted by atomic mass is 9.71. The predicted octanol–water partition coefficient (Wildman–Crippen LogP) is 2.38. The van der Waals surface area contributed by atoms with Crippen LogP contribution in [0.2, 0.25) is 0 Å². The summed E-state index contributed by atoms with van der Waals surface area (Å²) in [4.78, 5) is 13.4. The summed E-state index contributed by atoms with van der Waals surface area (Å²) in [5.74, 6) is -0.679. The van der Waals surface area contributed by atoms with E-state index in [2.05, 4.69) is 25.7 Å². The maximum Gasteiger partial charge on any atom is 0.304 e. The number of aliphatic carboxylic acids is 1. The highest BCUT2D eigenvalue weighted by Crippen LogP contribution is 2.42. The Hall–Kier alpha value is -0.610. The first-order valence-electron chi connectivity index (χ1n) is 7.33. The molecular weight excluding hydrogens is 242 g/mol. The molecule has 0 radical (unpaired) electrons. The maximum absolute atomic E-state index is 11.1. The summed E-state index contributed by atoms with van der Waals surface area (Å²) in [5.41, 5.74) is 0.603. The Balaban J connectivity index is 1.91. The highest BCUT2D eigenvalue weighted by Gasteiger charge is 2.46. The van der Waals surface area contributed by atoms with Gasteiger partial charge in [0.1, 0.15) is 0 Å². The van der Waals surface area contributed by atoms with E-state index < -0.39 is 5.97 Å². The summed E-state index contributed by atoms with van der Waals surface area (Å²) in [6, 6.07) is 0.186. The summed E-state index contributed by atoms with van der Waals surface area (Å²) in [5, 5.41) is 9.10. The average Bonchev–Trinajstić information content (AvgIpc) is 2.23. The number of hydrogen-bond donors (Lipinski definition) is 1. The molecule has 0 amide bonds. The Morgan fingerprint density at radius 1 is 1.32 bits per heavy atom. The molecule has 0 aromatic carbocycles. The van der Waals surface area contributed by atoms with E-state index in [-0.39, 0.29) is 17.9 Å². The Morgan fingerprint density at radius 3 is 2.37 bits per heavy atom. The van der Waals surface area contributed by atoms with Crippen LogP contribution in [0.1, 0.15) is 46.5 Å². The van der Waals surface area contributed by atoms with Gasteiger partial charge in [-0.3, -0.25) is 9.69 Å². The second-order valence-electron chi connectivity index (χ2n) is 7.53. The molecule has 2 rings (SSSR count). The Bertz CT molecular complexity index is 321. The SMILES string of the molecule is CC(C)(C)CC(CC(=O)O)N1CC2(CCOCC2)C1. The largest absolute Gasteiger partial charge is 0.481 e. The van der Waals surface area contributed by atoms with Gasteiger partial charge in [-0.15, -0.1) is 0 Å². The molecule has 1 spiro atoms. The molecule has 0 aliphatic carbocycles. The number of hydrogen-bond acceptors (Lipinski definition) is 3. The summed E-state index contributed by atoms with van der Waals surface area (Å²) in [7, 11) is 0. The van der Waals surface area contributed by atoms with Crippen molar-refractivity contribution in [1.29, 1.82) is 0 Å². The molecule has 110 valence electrons. The quantitative estimate of drug-likeness (QED) is 0.851. The van der Waals surface area contributed by atoms with Gasteiger partial charge < -0.3 is 9.84 Å². The van der Waals surface area contributed by atoms with Gasteiger partial charge in [0.15, 0.2) is 0 Å². The van der Waals surface area contributed by atoms with Crippen LogP contribution >= 0.6 is 0 Å². The average molecular weight is 269 g/mol. The minimum atomic E-state index is -0.679. The van der Waals surface area contributed by atoms with E-state index in [1.807, 2.05) is 0 Å². The van der Waals surface area contributed by atoms with E-state index in [0.717, 1.165) is 45.6 Å². The number of carboxylic acids is 1. The third-order valence-electron chi connectivity index (χ3n) is 4.41. The molecule has 0 saturated carbocycles. The molecule has 2 saturated heterocycles. The van der Waals surface area contributed by atoms with E-state index >= 15 is 0 Å². The number of rotatable bonds is 4. The van der Waals surface area contributed by atoms with E-state index in [1.54, 1.807) is 0 Å². The molecular formula is C15H27NO3. The van der Waals surface area contributed by atoms with Crippen molar-refractivity contribution in [3.8, 4) is 0 Å². The van der Waals surface area contributed by atoms with Crippen molar-refractivity contribution in [2.45, 2.75) is 52.5 Å². The topological polar surface area (TPSA) is 49.8 Å². The van der Waals surface area contributed by atoms with E-state index in [9.17, 15) is 4.79 Å². The number of carbonyl (C=O) groups is 1. The Labute approximate surface area is 116 Å². The summed E-state index contributed by atoms with van der Waals surface area (Å²) < 4.78 is 5.43. The molecule has 0 bridgehead atoms. The van der Waals surface area contributed by atoms with Gasteiger partial charge in [-0.2, -0.15) is 0 Å². The zero-order chi connectivity index (χ0) is 14.1. The number of likely N-dealkylation sites (tertiary alicyclic amines) is 1. The third-order valence-corrected chi connectivity index (χ3v) is 4.41. The zero-order valence-corrected chi connectivity index (χ0v) is 12.4. The zero-order valence-electron chi connectivity index (χ0n) is 12.4. The van der Waals surface area contributed by atoms with Gasteiger partial charge in [0, 0.05) is 37.8 Å². The lowest BCUT2D eigenvalue weighted by Gasteiger charge is -2.55. The highest BCUT2D eigenvalue weighted by molar-refractivity contribution is 5.67. The van der Waals surface area contributed by atoms with Crippen molar-refractivity contribution in [2.24, 2.45) is 10.8 Å². The van der Waals surface area contributed by atoms with Crippen molar-refractivity contribution in [3.63, 3.8) is 0 Å². The first-order chi connectivity index (χ1) is 8.80. The molecule has 1 N–H and O–H groups in total. The second-order valence-corrected chi connectivity index (χ2v) is 7.53. The monoisotopic (exact) mass is 269 g/mol. The van der Waals surface area contributed by atoms with Crippen LogP contribution in [0, 0.1) is 10.8 Å². The lowest BCUT2D eigenvalue weighted by molar-refractivity contribution is -0.143. The number of carboxylic acid groups (broad SMARTS) is 1. The van der Waals surface area contributed by atoms with Gasteiger partial charge in [0.25, 0.3) is 0 Å². The van der Waals surface area contributed by atoms with Crippen LogP contribution < -0.4 is 0 Å². The minimum absolute atomic E-state index is 0.179. The fourth-order valence-corrected chi connectivity index (χ4v) is 3.43. The second kappa shape index (κ2) is 5.41. The Morgan fingerprint density at radius 2 is 1.89 bits per heavy atom. The van der Waals surface area contributed by atoms with Crippen LogP contribution in [0.15, 0.2) is 0 Å². The molecule has 4 heteroatoms. The molecule has 19 heavy (non-hydrogen) atoms. The first-order valence-corrected chi connectivity index (χ1v) is 7.33. The van der Waals surface area contributed by atoms with Crippen LogP contribution in [0.4, 0.5) is 0 Å². The van der Waals surface area contributed by atoms with Gasteiger partial charge in [-0.25, -0.2) is 0 Å². The van der Waals surface area contributed by atoms with Gasteiger partial charge >= 0.3 is 5.97 Å². The molecule has 0 aromatic rings. The maximum atomic E-state index is 11.1. The van der Waals surface area contributed by atoms with Crippen LogP contribution in [0.5, 0.6) is 0 Å². The highest BCUT2D eigenvalue weighted by atomic mass is 16.5. The summed E-state index contributed by atoms with van der Waals surface area (Å²) in [6.45, 7) is 10.4. The molecule has 2 aliphatic heterocycles.